The second kappa shape index (κ2) is 6.49. The maximum absolute atomic E-state index is 13.5. The zero-order valence-corrected chi connectivity index (χ0v) is 16.3. The van der Waals surface area contributed by atoms with E-state index in [4.69, 9.17) is 0 Å². The lowest BCUT2D eigenvalue weighted by molar-refractivity contribution is -0.142. The molecule has 1 amide bonds. The van der Waals surface area contributed by atoms with E-state index in [-0.39, 0.29) is 23.4 Å². The van der Waals surface area contributed by atoms with Crippen LogP contribution in [0.5, 0.6) is 0 Å². The fourth-order valence-electron chi connectivity index (χ4n) is 3.37. The van der Waals surface area contributed by atoms with Crippen LogP contribution in [-0.4, -0.2) is 38.5 Å². The summed E-state index contributed by atoms with van der Waals surface area (Å²) in [6, 6.07) is 2.69. The molecule has 148 valence electrons. The van der Waals surface area contributed by atoms with Gasteiger partial charge in [0.15, 0.2) is 5.65 Å². The fraction of sp³-hybridized carbons (Fsp3) is 0.632. The Kier molecular flexibility index (Phi) is 4.72. The van der Waals surface area contributed by atoms with Crippen LogP contribution in [0.3, 0.4) is 0 Å². The molecule has 3 rings (SSSR count). The van der Waals surface area contributed by atoms with Gasteiger partial charge in [-0.25, -0.2) is 9.50 Å². The molecule has 0 bridgehead atoms. The molecule has 2 aromatic rings. The Morgan fingerprint density at radius 3 is 2.44 bits per heavy atom. The van der Waals surface area contributed by atoms with E-state index in [1.165, 1.54) is 0 Å². The summed E-state index contributed by atoms with van der Waals surface area (Å²) in [5.74, 6) is -0.160. The van der Waals surface area contributed by atoms with Crippen LogP contribution < -0.4 is 0 Å². The molecule has 1 unspecified atom stereocenters. The molecule has 1 aliphatic rings. The lowest BCUT2D eigenvalue weighted by Crippen LogP contribution is -2.37. The molecule has 1 fully saturated rings. The van der Waals surface area contributed by atoms with Gasteiger partial charge in [-0.05, 0) is 18.4 Å². The number of nitrogens with zero attached hydrogens (tertiary/aromatic N) is 4. The third-order valence-electron chi connectivity index (χ3n) is 4.88. The average Bonchev–Trinajstić information content (AvgIpc) is 3.17. The van der Waals surface area contributed by atoms with Crippen molar-refractivity contribution >= 4 is 11.6 Å². The minimum atomic E-state index is -4.52. The van der Waals surface area contributed by atoms with E-state index in [0.717, 1.165) is 10.6 Å². The van der Waals surface area contributed by atoms with E-state index >= 15 is 0 Å². The quantitative estimate of drug-likeness (QED) is 0.781. The van der Waals surface area contributed by atoms with Crippen LogP contribution in [-0.2, 0) is 11.0 Å². The minimum Gasteiger partial charge on any atom is -0.342 e. The Morgan fingerprint density at radius 2 is 1.89 bits per heavy atom. The van der Waals surface area contributed by atoms with Gasteiger partial charge in [0.25, 0.3) is 0 Å². The Morgan fingerprint density at radius 1 is 1.22 bits per heavy atom. The first-order chi connectivity index (χ1) is 12.4. The molecule has 5 nitrogen and oxygen atoms in total. The number of halogens is 3. The Bertz CT molecular complexity index is 864. The smallest absolute Gasteiger partial charge is 0.342 e. The molecule has 27 heavy (non-hydrogen) atoms. The fourth-order valence-corrected chi connectivity index (χ4v) is 3.37. The van der Waals surface area contributed by atoms with Gasteiger partial charge < -0.3 is 4.90 Å². The van der Waals surface area contributed by atoms with Gasteiger partial charge in [0.1, 0.15) is 5.69 Å². The van der Waals surface area contributed by atoms with Crippen molar-refractivity contribution in [3.8, 4) is 0 Å². The Hall–Kier alpha value is -2.12. The molecule has 3 heterocycles. The van der Waals surface area contributed by atoms with Gasteiger partial charge in [0.05, 0.1) is 5.69 Å². The molecule has 0 N–H and O–H groups in total. The number of rotatable bonds is 2. The summed E-state index contributed by atoms with van der Waals surface area (Å²) in [4.78, 5) is 18.6. The van der Waals surface area contributed by atoms with Crippen LogP contribution >= 0.6 is 0 Å². The first-order valence-corrected chi connectivity index (χ1v) is 9.15. The molecule has 1 aliphatic heterocycles. The highest BCUT2D eigenvalue weighted by Gasteiger charge is 2.37. The summed E-state index contributed by atoms with van der Waals surface area (Å²) in [5.41, 5.74) is -0.159. The molecule has 0 aromatic carbocycles. The number of fused-ring (bicyclic) bond motifs is 1. The van der Waals surface area contributed by atoms with Gasteiger partial charge in [-0.1, -0.05) is 34.6 Å². The predicted molar refractivity (Wildman–Crippen MR) is 95.5 cm³/mol. The number of carbonyl (C=O) groups excluding carboxylic acids is 1. The molecule has 0 radical (unpaired) electrons. The van der Waals surface area contributed by atoms with Crippen molar-refractivity contribution in [2.24, 2.45) is 5.41 Å². The van der Waals surface area contributed by atoms with Gasteiger partial charge in [-0.3, -0.25) is 4.79 Å². The van der Waals surface area contributed by atoms with Crippen molar-refractivity contribution in [3.05, 3.63) is 29.2 Å². The van der Waals surface area contributed by atoms with E-state index < -0.39 is 17.3 Å². The number of likely N-dealkylation sites (tertiary alicyclic amines) is 1. The molecule has 0 spiro atoms. The summed E-state index contributed by atoms with van der Waals surface area (Å²) < 4.78 is 41.4. The van der Waals surface area contributed by atoms with Gasteiger partial charge >= 0.3 is 6.18 Å². The standard InChI is InChI=1S/C19H25F3N4O/c1-11(2)13-8-15(19(20,21)22)26-16(23-13)9-14(24-26)12-6-7-25(10-12)17(27)18(3,4)5/h8-9,11-12H,6-7,10H2,1-5H3. The summed E-state index contributed by atoms with van der Waals surface area (Å²) in [7, 11) is 0. The lowest BCUT2D eigenvalue weighted by Gasteiger charge is -2.25. The molecule has 8 heteroatoms. The second-order valence-corrected chi connectivity index (χ2v) is 8.54. The summed E-state index contributed by atoms with van der Waals surface area (Å²) in [6.45, 7) is 10.3. The third-order valence-corrected chi connectivity index (χ3v) is 4.88. The highest BCUT2D eigenvalue weighted by molar-refractivity contribution is 5.81. The minimum absolute atomic E-state index is 0.0463. The molecule has 1 atom stereocenters. The second-order valence-electron chi connectivity index (χ2n) is 8.54. The van der Waals surface area contributed by atoms with Gasteiger partial charge in [0, 0.05) is 36.2 Å². The maximum atomic E-state index is 13.5. The van der Waals surface area contributed by atoms with Crippen molar-refractivity contribution in [3.63, 3.8) is 0 Å². The van der Waals surface area contributed by atoms with Gasteiger partial charge in [-0.15, -0.1) is 0 Å². The van der Waals surface area contributed by atoms with E-state index in [0.29, 0.717) is 30.9 Å². The highest BCUT2D eigenvalue weighted by atomic mass is 19.4. The Labute approximate surface area is 156 Å². The van der Waals surface area contributed by atoms with Gasteiger partial charge in [0.2, 0.25) is 5.91 Å². The third kappa shape index (κ3) is 3.80. The van der Waals surface area contributed by atoms with Gasteiger partial charge in [-0.2, -0.15) is 18.3 Å². The van der Waals surface area contributed by atoms with Crippen molar-refractivity contribution in [2.45, 2.75) is 59.1 Å². The highest BCUT2D eigenvalue weighted by Crippen LogP contribution is 2.34. The van der Waals surface area contributed by atoms with E-state index in [9.17, 15) is 18.0 Å². The largest absolute Gasteiger partial charge is 0.433 e. The average molecular weight is 382 g/mol. The SMILES string of the molecule is CC(C)c1cc(C(F)(F)F)n2nc(C3CCN(C(=O)C(C)(C)C)C3)cc2n1. The zero-order valence-electron chi connectivity index (χ0n) is 16.3. The van der Waals surface area contributed by atoms with Crippen LogP contribution in [0.2, 0.25) is 0 Å². The molecule has 0 saturated carbocycles. The van der Waals surface area contributed by atoms with Crippen molar-refractivity contribution in [1.82, 2.24) is 19.5 Å². The summed E-state index contributed by atoms with van der Waals surface area (Å²) in [6.07, 6.45) is -3.83. The summed E-state index contributed by atoms with van der Waals surface area (Å²) >= 11 is 0. The van der Waals surface area contributed by atoms with Crippen molar-refractivity contribution in [2.75, 3.05) is 13.1 Å². The van der Waals surface area contributed by atoms with E-state index in [1.54, 1.807) is 11.0 Å². The molecule has 0 aliphatic carbocycles. The predicted octanol–water partition coefficient (Wildman–Crippen LogP) is 4.23. The molecular formula is C19H25F3N4O. The van der Waals surface area contributed by atoms with Crippen molar-refractivity contribution in [1.29, 1.82) is 0 Å². The molecule has 2 aromatic heterocycles. The van der Waals surface area contributed by atoms with E-state index in [1.807, 2.05) is 34.6 Å². The van der Waals surface area contributed by atoms with Crippen LogP contribution in [0.25, 0.3) is 5.65 Å². The molecule has 1 saturated heterocycles. The maximum Gasteiger partial charge on any atom is 0.433 e. The monoisotopic (exact) mass is 382 g/mol. The first-order valence-electron chi connectivity index (χ1n) is 9.15. The van der Waals surface area contributed by atoms with Crippen LogP contribution in [0.1, 0.15) is 70.0 Å². The summed E-state index contributed by atoms with van der Waals surface area (Å²) in [5, 5.41) is 4.21. The number of hydrogen-bond acceptors (Lipinski definition) is 3. The number of alkyl halides is 3. The normalized spacial score (nSPS) is 18.7. The number of carbonyl (C=O) groups is 1. The van der Waals surface area contributed by atoms with Crippen molar-refractivity contribution < 1.29 is 18.0 Å². The topological polar surface area (TPSA) is 50.5 Å². The van der Waals surface area contributed by atoms with E-state index in [2.05, 4.69) is 10.1 Å². The first kappa shape index (κ1) is 19.6. The number of amides is 1. The number of hydrogen-bond donors (Lipinski definition) is 0. The van der Waals surface area contributed by atoms with Crippen LogP contribution in [0.15, 0.2) is 12.1 Å². The molecular weight excluding hydrogens is 357 g/mol. The number of aromatic nitrogens is 3. The zero-order chi connectivity index (χ0) is 20.1. The van der Waals surface area contributed by atoms with Crippen LogP contribution in [0.4, 0.5) is 13.2 Å². The Balaban J connectivity index is 1.97. The lowest BCUT2D eigenvalue weighted by atomic mass is 9.95. The van der Waals surface area contributed by atoms with Crippen LogP contribution in [0, 0.1) is 5.41 Å².